The van der Waals surface area contributed by atoms with Crippen LogP contribution in [0.3, 0.4) is 0 Å². The minimum absolute atomic E-state index is 0.166. The van der Waals surface area contributed by atoms with E-state index in [0.29, 0.717) is 29.6 Å². The van der Waals surface area contributed by atoms with Crippen LogP contribution in [-0.2, 0) is 6.61 Å². The molecule has 7 nitrogen and oxygen atoms in total. The highest BCUT2D eigenvalue weighted by atomic mass is 19.1. The molecular formula is C24H18F2N4O3. The van der Waals surface area contributed by atoms with Crippen molar-refractivity contribution in [2.45, 2.75) is 6.61 Å². The summed E-state index contributed by atoms with van der Waals surface area (Å²) in [6, 6.07) is 16.6. The van der Waals surface area contributed by atoms with Crippen molar-refractivity contribution in [3.63, 3.8) is 0 Å². The maximum atomic E-state index is 14.3. The standard InChI is InChI=1S/C24H18F2N4O3/c25-20-12-21(26)22(30-9-8-28-24(30)32)11-19(20)23(31)29-17-4-6-18(7-5-17)33-14-16-3-1-2-15(10-16)13-27/h1-7,10-12H,8-9,14H2,(H,28,32)(H,29,31). The van der Waals surface area contributed by atoms with E-state index in [4.69, 9.17) is 10.00 Å². The highest BCUT2D eigenvalue weighted by Crippen LogP contribution is 2.26. The Hall–Kier alpha value is -4.45. The molecule has 0 atom stereocenters. The zero-order chi connectivity index (χ0) is 23.4. The Kier molecular flexibility index (Phi) is 6.17. The fourth-order valence-electron chi connectivity index (χ4n) is 3.35. The number of carbonyl (C=O) groups excluding carboxylic acids is 2. The van der Waals surface area contributed by atoms with Crippen molar-refractivity contribution in [2.75, 3.05) is 23.3 Å². The second-order valence-electron chi connectivity index (χ2n) is 7.25. The first-order valence-electron chi connectivity index (χ1n) is 10.0. The molecule has 0 saturated carbocycles. The fraction of sp³-hybridized carbons (Fsp3) is 0.125. The molecular weight excluding hydrogens is 430 g/mol. The lowest BCUT2D eigenvalue weighted by atomic mass is 10.1. The summed E-state index contributed by atoms with van der Waals surface area (Å²) < 4.78 is 34.2. The SMILES string of the molecule is N#Cc1cccc(COc2ccc(NC(=O)c3cc(N4CCNC4=O)c(F)cc3F)cc2)c1. The second kappa shape index (κ2) is 9.36. The molecule has 1 heterocycles. The predicted octanol–water partition coefficient (Wildman–Crippen LogP) is 4.20. The molecule has 2 N–H and O–H groups in total. The number of hydrogen-bond acceptors (Lipinski definition) is 4. The Bertz CT molecular complexity index is 1260. The molecule has 0 unspecified atom stereocenters. The van der Waals surface area contributed by atoms with E-state index in [9.17, 15) is 18.4 Å². The summed E-state index contributed by atoms with van der Waals surface area (Å²) in [4.78, 5) is 25.5. The van der Waals surface area contributed by atoms with Gasteiger partial charge in [-0.1, -0.05) is 12.1 Å². The Balaban J connectivity index is 1.43. The molecule has 3 amide bonds. The van der Waals surface area contributed by atoms with Gasteiger partial charge < -0.3 is 15.4 Å². The highest BCUT2D eigenvalue weighted by molar-refractivity contribution is 6.06. The lowest BCUT2D eigenvalue weighted by Gasteiger charge is -2.17. The van der Waals surface area contributed by atoms with Crippen molar-refractivity contribution in [2.24, 2.45) is 0 Å². The summed E-state index contributed by atoms with van der Waals surface area (Å²) in [7, 11) is 0. The van der Waals surface area contributed by atoms with Crippen LogP contribution >= 0.6 is 0 Å². The van der Waals surface area contributed by atoms with Gasteiger partial charge in [-0.15, -0.1) is 0 Å². The van der Waals surface area contributed by atoms with Gasteiger partial charge in [0.1, 0.15) is 24.0 Å². The number of nitriles is 1. The van der Waals surface area contributed by atoms with Crippen molar-refractivity contribution in [1.29, 1.82) is 5.26 Å². The number of nitrogens with one attached hydrogen (secondary N) is 2. The van der Waals surface area contributed by atoms with Crippen LogP contribution < -0.4 is 20.3 Å². The van der Waals surface area contributed by atoms with E-state index in [1.807, 2.05) is 6.07 Å². The Morgan fingerprint density at radius 1 is 1.12 bits per heavy atom. The van der Waals surface area contributed by atoms with Gasteiger partial charge in [0.25, 0.3) is 5.91 Å². The van der Waals surface area contributed by atoms with Gasteiger partial charge in [0, 0.05) is 24.8 Å². The van der Waals surface area contributed by atoms with Crippen LogP contribution in [0.2, 0.25) is 0 Å². The van der Waals surface area contributed by atoms with E-state index in [0.717, 1.165) is 16.5 Å². The Morgan fingerprint density at radius 3 is 2.61 bits per heavy atom. The zero-order valence-electron chi connectivity index (χ0n) is 17.3. The molecule has 1 aliphatic heterocycles. The van der Waals surface area contributed by atoms with Crippen molar-refractivity contribution in [3.8, 4) is 11.8 Å². The molecule has 33 heavy (non-hydrogen) atoms. The first-order chi connectivity index (χ1) is 15.9. The number of carbonyl (C=O) groups is 2. The average molecular weight is 448 g/mol. The van der Waals surface area contributed by atoms with Gasteiger partial charge in [0.2, 0.25) is 0 Å². The zero-order valence-corrected chi connectivity index (χ0v) is 17.3. The summed E-state index contributed by atoms with van der Waals surface area (Å²) in [5.74, 6) is -2.21. The number of ether oxygens (including phenoxy) is 1. The van der Waals surface area contributed by atoms with Gasteiger partial charge in [-0.3, -0.25) is 9.69 Å². The van der Waals surface area contributed by atoms with Crippen molar-refractivity contribution >= 4 is 23.3 Å². The molecule has 0 bridgehead atoms. The molecule has 9 heteroatoms. The van der Waals surface area contributed by atoms with E-state index in [2.05, 4.69) is 16.7 Å². The van der Waals surface area contributed by atoms with Gasteiger partial charge >= 0.3 is 6.03 Å². The highest BCUT2D eigenvalue weighted by Gasteiger charge is 2.26. The van der Waals surface area contributed by atoms with E-state index in [1.165, 1.54) is 0 Å². The molecule has 3 aromatic rings. The molecule has 3 aromatic carbocycles. The van der Waals surface area contributed by atoms with E-state index >= 15 is 0 Å². The first kappa shape index (κ1) is 21.8. The van der Waals surface area contributed by atoms with Gasteiger partial charge in [0.15, 0.2) is 0 Å². The number of nitrogens with zero attached hydrogens (tertiary/aromatic N) is 2. The molecule has 0 aromatic heterocycles. The molecule has 0 aliphatic carbocycles. The van der Waals surface area contributed by atoms with Gasteiger partial charge in [0.05, 0.1) is 22.9 Å². The van der Waals surface area contributed by atoms with Crippen LogP contribution in [-0.4, -0.2) is 25.0 Å². The molecule has 166 valence electrons. The number of halogens is 2. The molecule has 1 fully saturated rings. The third-order valence-electron chi connectivity index (χ3n) is 5.00. The van der Waals surface area contributed by atoms with Gasteiger partial charge in [-0.05, 0) is 48.0 Å². The number of urea groups is 1. The molecule has 4 rings (SSSR count). The lowest BCUT2D eigenvalue weighted by Crippen LogP contribution is -2.29. The Morgan fingerprint density at radius 2 is 1.91 bits per heavy atom. The third-order valence-corrected chi connectivity index (χ3v) is 5.00. The normalized spacial score (nSPS) is 12.8. The van der Waals surface area contributed by atoms with Crippen molar-refractivity contribution in [1.82, 2.24) is 5.32 Å². The monoisotopic (exact) mass is 448 g/mol. The van der Waals surface area contributed by atoms with Gasteiger partial charge in [-0.2, -0.15) is 5.26 Å². The predicted molar refractivity (Wildman–Crippen MR) is 117 cm³/mol. The smallest absolute Gasteiger partial charge is 0.322 e. The summed E-state index contributed by atoms with van der Waals surface area (Å²) in [5, 5.41) is 14.0. The largest absolute Gasteiger partial charge is 0.489 e. The summed E-state index contributed by atoms with van der Waals surface area (Å²) in [6.45, 7) is 0.801. The summed E-state index contributed by atoms with van der Waals surface area (Å²) >= 11 is 0. The van der Waals surface area contributed by atoms with Crippen LogP contribution in [0.5, 0.6) is 5.75 Å². The van der Waals surface area contributed by atoms with E-state index < -0.39 is 23.6 Å². The topological polar surface area (TPSA) is 94.5 Å². The van der Waals surface area contributed by atoms with Crippen LogP contribution in [0.25, 0.3) is 0 Å². The number of benzene rings is 3. The second-order valence-corrected chi connectivity index (χ2v) is 7.25. The average Bonchev–Trinajstić information content (AvgIpc) is 3.24. The Labute approximate surface area is 188 Å². The first-order valence-corrected chi connectivity index (χ1v) is 10.0. The third kappa shape index (κ3) is 4.91. The van der Waals surface area contributed by atoms with Crippen LogP contribution in [0.1, 0.15) is 21.5 Å². The number of anilines is 2. The number of hydrogen-bond donors (Lipinski definition) is 2. The van der Waals surface area contributed by atoms with Crippen LogP contribution in [0.4, 0.5) is 25.0 Å². The quantitative estimate of drug-likeness (QED) is 0.591. The number of rotatable bonds is 6. The minimum atomic E-state index is -1.03. The van der Waals surface area contributed by atoms with Crippen LogP contribution in [0, 0.1) is 23.0 Å². The van der Waals surface area contributed by atoms with E-state index in [1.54, 1.807) is 42.5 Å². The molecule has 0 spiro atoms. The maximum Gasteiger partial charge on any atom is 0.322 e. The minimum Gasteiger partial charge on any atom is -0.489 e. The molecule has 1 saturated heterocycles. The summed E-state index contributed by atoms with van der Waals surface area (Å²) in [6.07, 6.45) is 0. The van der Waals surface area contributed by atoms with Crippen molar-refractivity contribution in [3.05, 3.63) is 89.0 Å². The maximum absolute atomic E-state index is 14.3. The summed E-state index contributed by atoms with van der Waals surface area (Å²) in [5.41, 5.74) is 1.20. The van der Waals surface area contributed by atoms with Crippen LogP contribution in [0.15, 0.2) is 60.7 Å². The molecule has 1 aliphatic rings. The van der Waals surface area contributed by atoms with Gasteiger partial charge in [-0.25, -0.2) is 13.6 Å². The van der Waals surface area contributed by atoms with E-state index in [-0.39, 0.29) is 24.4 Å². The number of amides is 3. The lowest BCUT2D eigenvalue weighted by molar-refractivity contribution is 0.102. The fourth-order valence-corrected chi connectivity index (χ4v) is 3.35. The molecule has 0 radical (unpaired) electrons. The van der Waals surface area contributed by atoms with Crippen molar-refractivity contribution < 1.29 is 23.1 Å².